The van der Waals surface area contributed by atoms with Crippen LogP contribution in [-0.4, -0.2) is 34.6 Å². The molecule has 0 fully saturated rings. The molecule has 0 atom stereocenters. The summed E-state index contributed by atoms with van der Waals surface area (Å²) in [6, 6.07) is 4.36. The van der Waals surface area contributed by atoms with Crippen molar-refractivity contribution in [3.63, 3.8) is 0 Å². The second kappa shape index (κ2) is 9.91. The summed E-state index contributed by atoms with van der Waals surface area (Å²) in [7, 11) is 1.36. The first-order chi connectivity index (χ1) is 11.6. The Labute approximate surface area is 163 Å². The van der Waals surface area contributed by atoms with Crippen LogP contribution in [0.3, 0.4) is 0 Å². The molecule has 2 amide bonds. The fourth-order valence-corrected chi connectivity index (χ4v) is 1.97. The Morgan fingerprint density at radius 2 is 1.48 bits per heavy atom. The molecule has 0 aliphatic heterocycles. The molecule has 0 saturated carbocycles. The maximum atomic E-state index is 11.8. The zero-order valence-electron chi connectivity index (χ0n) is 13.0. The summed E-state index contributed by atoms with van der Waals surface area (Å²) in [6.45, 7) is 1.23. The van der Waals surface area contributed by atoms with E-state index in [0.29, 0.717) is 5.56 Å². The number of nitrogens with one attached hydrogen (secondary N) is 2. The molecule has 0 aliphatic carbocycles. The first kappa shape index (κ1) is 21.6. The maximum Gasteiger partial charge on any atom is 0.308 e. The Morgan fingerprint density at radius 3 is 1.88 bits per heavy atom. The van der Waals surface area contributed by atoms with Crippen molar-refractivity contribution in [2.24, 2.45) is 0 Å². The molecule has 0 saturated heterocycles. The number of carbonyl (C=O) groups is 3. The van der Waals surface area contributed by atoms with Crippen LogP contribution in [0.25, 0.3) is 0 Å². The van der Waals surface area contributed by atoms with Crippen LogP contribution in [0.1, 0.15) is 18.7 Å². The lowest BCUT2D eigenvalue weighted by molar-refractivity contribution is -0.132. The predicted octanol–water partition coefficient (Wildman–Crippen LogP) is 2.46. The van der Waals surface area contributed by atoms with Gasteiger partial charge in [0.05, 0.1) is 7.11 Å². The molecule has 138 valence electrons. The summed E-state index contributed by atoms with van der Waals surface area (Å²) in [5.41, 5.74) is 0.373. The van der Waals surface area contributed by atoms with Gasteiger partial charge in [-0.05, 0) is 17.7 Å². The number of rotatable bonds is 7. The number of hydrogen-bond donors (Lipinski definition) is 2. The average molecular weight is 432 g/mol. The van der Waals surface area contributed by atoms with Gasteiger partial charge in [0.15, 0.2) is 21.2 Å². The van der Waals surface area contributed by atoms with Gasteiger partial charge in [0.1, 0.15) is 6.17 Å². The van der Waals surface area contributed by atoms with E-state index in [-0.39, 0.29) is 11.5 Å². The molecule has 11 heteroatoms. The number of benzene rings is 1. The fourth-order valence-electron chi connectivity index (χ4n) is 1.72. The summed E-state index contributed by atoms with van der Waals surface area (Å²) in [6.07, 6.45) is -1.06. The maximum absolute atomic E-state index is 11.8. The van der Waals surface area contributed by atoms with Crippen molar-refractivity contribution in [1.29, 1.82) is 0 Å². The standard InChI is InChI=1S/C14H14Cl4N2O5/c1-6(21)25-8-4-3-7(5-9(8)24-2)12(19-13(22)10(15)16)20-14(23)11(17)18/h3-5,10-12H,1-2H3,(H,19,22)(H,20,23). The van der Waals surface area contributed by atoms with Crippen LogP contribution < -0.4 is 20.1 Å². The highest BCUT2D eigenvalue weighted by atomic mass is 35.5. The summed E-state index contributed by atoms with van der Waals surface area (Å²) in [4.78, 5) is 31.9. The number of hydrogen-bond acceptors (Lipinski definition) is 5. The van der Waals surface area contributed by atoms with Crippen LogP contribution in [0.15, 0.2) is 18.2 Å². The number of carbonyl (C=O) groups excluding carboxylic acids is 3. The van der Waals surface area contributed by atoms with Gasteiger partial charge in [-0.1, -0.05) is 52.5 Å². The topological polar surface area (TPSA) is 93.7 Å². The minimum Gasteiger partial charge on any atom is -0.493 e. The van der Waals surface area contributed by atoms with Crippen molar-refractivity contribution in [3.8, 4) is 11.5 Å². The summed E-state index contributed by atoms with van der Waals surface area (Å²) < 4.78 is 10.1. The molecule has 25 heavy (non-hydrogen) atoms. The summed E-state index contributed by atoms with van der Waals surface area (Å²) >= 11 is 22.0. The molecule has 0 aliphatic rings. The van der Waals surface area contributed by atoms with Crippen molar-refractivity contribution >= 4 is 64.2 Å². The van der Waals surface area contributed by atoms with E-state index in [1.54, 1.807) is 0 Å². The smallest absolute Gasteiger partial charge is 0.308 e. The minimum atomic E-state index is -1.36. The third kappa shape index (κ3) is 6.78. The Bertz CT molecular complexity index is 632. The molecule has 0 unspecified atom stereocenters. The molecule has 7 nitrogen and oxygen atoms in total. The Balaban J connectivity index is 3.17. The summed E-state index contributed by atoms with van der Waals surface area (Å²) in [5.74, 6) is -1.68. The van der Waals surface area contributed by atoms with Gasteiger partial charge in [0.2, 0.25) is 0 Å². The van der Waals surface area contributed by atoms with Crippen molar-refractivity contribution in [3.05, 3.63) is 23.8 Å². The SMILES string of the molecule is COc1cc(C(NC(=O)C(Cl)Cl)NC(=O)C(Cl)Cl)ccc1OC(C)=O. The Kier molecular flexibility index (Phi) is 8.58. The lowest BCUT2D eigenvalue weighted by Crippen LogP contribution is -2.44. The first-order valence-corrected chi connectivity index (χ1v) is 8.43. The van der Waals surface area contributed by atoms with Crippen LogP contribution in [0, 0.1) is 0 Å². The predicted molar refractivity (Wildman–Crippen MR) is 94.3 cm³/mol. The van der Waals surface area contributed by atoms with E-state index in [0.717, 1.165) is 0 Å². The molecular weight excluding hydrogens is 418 g/mol. The molecule has 0 radical (unpaired) electrons. The van der Waals surface area contributed by atoms with Crippen molar-refractivity contribution in [1.82, 2.24) is 10.6 Å². The van der Waals surface area contributed by atoms with E-state index < -0.39 is 33.6 Å². The zero-order valence-corrected chi connectivity index (χ0v) is 16.0. The van der Waals surface area contributed by atoms with Gasteiger partial charge in [0, 0.05) is 6.92 Å². The van der Waals surface area contributed by atoms with Gasteiger partial charge in [-0.2, -0.15) is 0 Å². The number of methoxy groups -OCH3 is 1. The van der Waals surface area contributed by atoms with Gasteiger partial charge in [-0.25, -0.2) is 0 Å². The molecule has 0 heterocycles. The lowest BCUT2D eigenvalue weighted by Gasteiger charge is -2.22. The van der Waals surface area contributed by atoms with Gasteiger partial charge in [-0.3, -0.25) is 14.4 Å². The molecule has 2 N–H and O–H groups in total. The third-order valence-electron chi connectivity index (χ3n) is 2.74. The lowest BCUT2D eigenvalue weighted by atomic mass is 10.1. The van der Waals surface area contributed by atoms with Gasteiger partial charge < -0.3 is 20.1 Å². The quantitative estimate of drug-likeness (QED) is 0.299. The van der Waals surface area contributed by atoms with Crippen molar-refractivity contribution in [2.75, 3.05) is 7.11 Å². The number of alkyl halides is 4. The Hall–Kier alpha value is -1.41. The van der Waals surface area contributed by atoms with E-state index in [2.05, 4.69) is 10.6 Å². The number of halogens is 4. The van der Waals surface area contributed by atoms with Crippen molar-refractivity contribution in [2.45, 2.75) is 22.8 Å². The van der Waals surface area contributed by atoms with Crippen LogP contribution in [0.5, 0.6) is 11.5 Å². The van der Waals surface area contributed by atoms with Gasteiger partial charge in [-0.15, -0.1) is 0 Å². The molecular formula is C14H14Cl4N2O5. The van der Waals surface area contributed by atoms with E-state index in [1.165, 1.54) is 32.2 Å². The number of ether oxygens (including phenoxy) is 2. The second-order valence-corrected chi connectivity index (χ2v) is 6.75. The highest BCUT2D eigenvalue weighted by molar-refractivity contribution is 6.54. The normalized spacial score (nSPS) is 10.8. The monoisotopic (exact) mass is 430 g/mol. The highest BCUT2D eigenvalue weighted by Crippen LogP contribution is 2.30. The number of amides is 2. The minimum absolute atomic E-state index is 0.162. The molecule has 0 aromatic heterocycles. The van der Waals surface area contributed by atoms with Crippen molar-refractivity contribution < 1.29 is 23.9 Å². The van der Waals surface area contributed by atoms with Crippen LogP contribution in [-0.2, 0) is 14.4 Å². The zero-order chi connectivity index (χ0) is 19.1. The number of esters is 1. The van der Waals surface area contributed by atoms with Gasteiger partial charge in [0.25, 0.3) is 11.8 Å². The molecule has 0 bridgehead atoms. The summed E-state index contributed by atoms with van der Waals surface area (Å²) in [5, 5.41) is 4.83. The molecule has 1 rings (SSSR count). The van der Waals surface area contributed by atoms with E-state index >= 15 is 0 Å². The fraction of sp³-hybridized carbons (Fsp3) is 0.357. The highest BCUT2D eigenvalue weighted by Gasteiger charge is 2.24. The van der Waals surface area contributed by atoms with Crippen LogP contribution in [0.2, 0.25) is 0 Å². The van der Waals surface area contributed by atoms with E-state index in [9.17, 15) is 14.4 Å². The molecule has 1 aromatic rings. The van der Waals surface area contributed by atoms with Crippen LogP contribution in [0.4, 0.5) is 0 Å². The van der Waals surface area contributed by atoms with Crippen LogP contribution >= 0.6 is 46.4 Å². The molecule has 0 spiro atoms. The Morgan fingerprint density at radius 1 is 0.960 bits per heavy atom. The van der Waals surface area contributed by atoms with E-state index in [4.69, 9.17) is 55.9 Å². The third-order valence-corrected chi connectivity index (χ3v) is 3.54. The molecule has 1 aromatic carbocycles. The first-order valence-electron chi connectivity index (χ1n) is 6.69. The largest absolute Gasteiger partial charge is 0.493 e. The average Bonchev–Trinajstić information content (AvgIpc) is 2.53. The van der Waals surface area contributed by atoms with E-state index in [1.807, 2.05) is 0 Å². The van der Waals surface area contributed by atoms with Gasteiger partial charge >= 0.3 is 5.97 Å². The second-order valence-electron chi connectivity index (χ2n) is 4.56.